The van der Waals surface area contributed by atoms with Crippen LogP contribution in [-0.2, 0) is 19.1 Å². The fraction of sp³-hybridized carbons (Fsp3) is 0.917. The summed E-state index contributed by atoms with van der Waals surface area (Å²) >= 11 is 0. The molecule has 0 unspecified atom stereocenters. The second-order valence-electron chi connectivity index (χ2n) is 11.4. The van der Waals surface area contributed by atoms with Gasteiger partial charge in [0.1, 0.15) is 11.2 Å². The first-order chi connectivity index (χ1) is 12.8. The van der Waals surface area contributed by atoms with Crippen molar-refractivity contribution in [3.05, 3.63) is 0 Å². The fourth-order valence-electron chi connectivity index (χ4n) is 5.60. The number of hydrogen-bond donors (Lipinski definition) is 0. The quantitative estimate of drug-likeness (QED) is 0.558. The Bertz CT molecular complexity index is 563. The summed E-state index contributed by atoms with van der Waals surface area (Å²) < 4.78 is 12.5. The van der Waals surface area contributed by atoms with Gasteiger partial charge in [-0.25, -0.2) is 0 Å². The smallest absolute Gasteiger partial charge is 0.312 e. The normalized spacial score (nSPS) is 39.7. The van der Waals surface area contributed by atoms with E-state index in [0.29, 0.717) is 23.7 Å². The van der Waals surface area contributed by atoms with Gasteiger partial charge >= 0.3 is 11.9 Å². The van der Waals surface area contributed by atoms with Gasteiger partial charge in [0, 0.05) is 0 Å². The highest BCUT2D eigenvalue weighted by atomic mass is 16.6. The molecule has 0 aromatic rings. The van der Waals surface area contributed by atoms with Crippen LogP contribution in [0.4, 0.5) is 0 Å². The zero-order valence-corrected chi connectivity index (χ0v) is 19.2. The van der Waals surface area contributed by atoms with E-state index >= 15 is 0 Å². The zero-order chi connectivity index (χ0) is 21.1. The maximum Gasteiger partial charge on any atom is 0.312 e. The molecule has 0 aromatic carbocycles. The Morgan fingerprint density at radius 2 is 0.964 bits per heavy atom. The third-order valence-corrected chi connectivity index (χ3v) is 9.02. The van der Waals surface area contributed by atoms with E-state index in [9.17, 15) is 9.59 Å². The van der Waals surface area contributed by atoms with Gasteiger partial charge in [-0.3, -0.25) is 9.59 Å². The van der Waals surface area contributed by atoms with Crippen LogP contribution in [0.1, 0.15) is 93.9 Å². The van der Waals surface area contributed by atoms with Crippen molar-refractivity contribution in [2.45, 2.75) is 105 Å². The van der Waals surface area contributed by atoms with Crippen molar-refractivity contribution >= 4 is 11.9 Å². The van der Waals surface area contributed by atoms with Gasteiger partial charge in [-0.1, -0.05) is 13.8 Å². The van der Waals surface area contributed by atoms with Gasteiger partial charge < -0.3 is 9.47 Å². The van der Waals surface area contributed by atoms with Crippen LogP contribution >= 0.6 is 0 Å². The second-order valence-corrected chi connectivity index (χ2v) is 11.4. The number of ether oxygens (including phenoxy) is 2. The number of hydrogen-bond acceptors (Lipinski definition) is 4. The average molecular weight is 393 g/mol. The first-order valence-corrected chi connectivity index (χ1v) is 11.3. The van der Waals surface area contributed by atoms with E-state index in [1.807, 2.05) is 41.5 Å². The monoisotopic (exact) mass is 392 g/mol. The Morgan fingerprint density at radius 3 is 1.18 bits per heavy atom. The van der Waals surface area contributed by atoms with Gasteiger partial charge in [0.05, 0.1) is 10.8 Å². The van der Waals surface area contributed by atoms with E-state index in [-0.39, 0.29) is 23.1 Å². The Hall–Kier alpha value is -1.06. The van der Waals surface area contributed by atoms with Crippen molar-refractivity contribution in [2.75, 3.05) is 0 Å². The minimum absolute atomic E-state index is 0.0659. The predicted octanol–water partition coefficient (Wildman–Crippen LogP) is 5.53. The molecule has 4 nitrogen and oxygen atoms in total. The predicted molar refractivity (Wildman–Crippen MR) is 110 cm³/mol. The summed E-state index contributed by atoms with van der Waals surface area (Å²) in [5.41, 5.74) is -1.62. The van der Waals surface area contributed by atoms with Gasteiger partial charge in [-0.15, -0.1) is 0 Å². The molecule has 28 heavy (non-hydrogen) atoms. The van der Waals surface area contributed by atoms with Crippen LogP contribution in [0.25, 0.3) is 0 Å². The van der Waals surface area contributed by atoms with E-state index < -0.39 is 10.8 Å². The highest BCUT2D eigenvalue weighted by molar-refractivity contribution is 5.77. The molecule has 0 radical (unpaired) electrons. The summed E-state index contributed by atoms with van der Waals surface area (Å²) in [4.78, 5) is 25.6. The van der Waals surface area contributed by atoms with Gasteiger partial charge in [0.25, 0.3) is 0 Å². The lowest BCUT2D eigenvalue weighted by atomic mass is 9.45. The largest absolute Gasteiger partial charge is 0.458 e. The van der Waals surface area contributed by atoms with E-state index in [4.69, 9.17) is 9.47 Å². The minimum atomic E-state index is -0.437. The molecule has 4 aliphatic carbocycles. The maximum atomic E-state index is 12.8. The maximum absolute atomic E-state index is 12.8. The van der Waals surface area contributed by atoms with E-state index in [1.54, 1.807) is 0 Å². The lowest BCUT2D eigenvalue weighted by molar-refractivity contribution is -0.259. The van der Waals surface area contributed by atoms with Crippen molar-refractivity contribution in [3.63, 3.8) is 0 Å². The Morgan fingerprint density at radius 1 is 0.714 bits per heavy atom. The summed E-state index contributed by atoms with van der Waals surface area (Å²) in [6, 6.07) is 0. The molecule has 0 saturated heterocycles. The van der Waals surface area contributed by atoms with E-state index in [1.165, 1.54) is 0 Å². The van der Waals surface area contributed by atoms with Crippen LogP contribution in [0.5, 0.6) is 0 Å². The van der Waals surface area contributed by atoms with Crippen LogP contribution in [0.2, 0.25) is 0 Å². The molecule has 160 valence electrons. The highest BCUT2D eigenvalue weighted by Gasteiger charge is 2.66. The Balaban J connectivity index is 1.77. The number of rotatable bonds is 6. The van der Waals surface area contributed by atoms with Crippen molar-refractivity contribution < 1.29 is 19.1 Å². The highest BCUT2D eigenvalue weighted by Crippen LogP contribution is 2.64. The molecule has 4 saturated carbocycles. The van der Waals surface area contributed by atoms with Crippen molar-refractivity contribution in [1.29, 1.82) is 0 Å². The van der Waals surface area contributed by atoms with Crippen LogP contribution in [0, 0.1) is 34.5 Å². The Kier molecular flexibility index (Phi) is 5.21. The molecule has 0 N–H and O–H groups in total. The molecule has 4 rings (SSSR count). The summed E-state index contributed by atoms with van der Waals surface area (Å²) in [5, 5.41) is 0. The van der Waals surface area contributed by atoms with E-state index in [0.717, 1.165) is 38.5 Å². The lowest BCUT2D eigenvalue weighted by Gasteiger charge is -2.65. The molecule has 0 amide bonds. The van der Waals surface area contributed by atoms with Gasteiger partial charge in [-0.2, -0.15) is 0 Å². The topological polar surface area (TPSA) is 52.6 Å². The molecule has 0 spiro atoms. The number of esters is 2. The molecule has 0 aliphatic heterocycles. The first-order valence-electron chi connectivity index (χ1n) is 11.3. The van der Waals surface area contributed by atoms with Crippen LogP contribution in [-0.4, -0.2) is 23.1 Å². The number of carbonyl (C=O) groups is 2. The molecule has 0 heterocycles. The zero-order valence-electron chi connectivity index (χ0n) is 19.2. The van der Waals surface area contributed by atoms with Crippen molar-refractivity contribution in [3.8, 4) is 0 Å². The van der Waals surface area contributed by atoms with Gasteiger partial charge in [0.2, 0.25) is 0 Å². The molecular formula is C24H40O4. The third kappa shape index (κ3) is 3.19. The SMILES string of the molecule is CCC(C)(C)C(=O)OC1(C)C2CC3CC1CC(C2)C3(C)OC(=O)C(C)(C)CC. The lowest BCUT2D eigenvalue weighted by Crippen LogP contribution is -2.67. The molecule has 4 heteroatoms. The van der Waals surface area contributed by atoms with Crippen molar-refractivity contribution in [1.82, 2.24) is 0 Å². The molecule has 0 atom stereocenters. The second kappa shape index (κ2) is 6.74. The van der Waals surface area contributed by atoms with Crippen LogP contribution in [0.15, 0.2) is 0 Å². The standard InChI is InChI=1S/C24H40O4/c1-9-21(3,4)19(25)27-23(7)15-11-17-13-16(23)14-18(12-15)24(17,8)28-20(26)22(5,6)10-2/h15-18H,9-14H2,1-8H3. The van der Waals surface area contributed by atoms with Crippen molar-refractivity contribution in [2.24, 2.45) is 34.5 Å². The first kappa shape index (κ1) is 21.6. The summed E-state index contributed by atoms with van der Waals surface area (Å²) in [7, 11) is 0. The summed E-state index contributed by atoms with van der Waals surface area (Å²) in [6.45, 7) is 16.3. The molecule has 4 bridgehead atoms. The Labute approximate surface area is 171 Å². The molecule has 0 aromatic heterocycles. The number of carbonyl (C=O) groups excluding carboxylic acids is 2. The third-order valence-electron chi connectivity index (χ3n) is 9.02. The summed E-state index contributed by atoms with van der Waals surface area (Å²) in [5.74, 6) is 1.36. The molecule has 4 fully saturated rings. The van der Waals surface area contributed by atoms with Crippen LogP contribution in [0.3, 0.4) is 0 Å². The van der Waals surface area contributed by atoms with Gasteiger partial charge in [-0.05, 0) is 104 Å². The minimum Gasteiger partial charge on any atom is -0.458 e. The van der Waals surface area contributed by atoms with Gasteiger partial charge in [0.15, 0.2) is 0 Å². The van der Waals surface area contributed by atoms with E-state index in [2.05, 4.69) is 13.8 Å². The summed E-state index contributed by atoms with van der Waals surface area (Å²) in [6.07, 6.45) is 5.51. The molecule has 4 aliphatic rings. The average Bonchev–Trinajstić information content (AvgIpc) is 2.60. The van der Waals surface area contributed by atoms with Crippen LogP contribution < -0.4 is 0 Å². The molecular weight excluding hydrogens is 352 g/mol. The fourth-order valence-corrected chi connectivity index (χ4v) is 5.60.